The number of rotatable bonds is 3. The molecule has 1 amide bonds. The molecule has 5 nitrogen and oxygen atoms in total. The van der Waals surface area contributed by atoms with Crippen molar-refractivity contribution in [3.63, 3.8) is 0 Å². The average Bonchev–Trinajstić information content (AvgIpc) is 2.51. The molecule has 2 N–H and O–H groups in total. The van der Waals surface area contributed by atoms with Gasteiger partial charge in [-0.2, -0.15) is 0 Å². The van der Waals surface area contributed by atoms with Gasteiger partial charge in [-0.1, -0.05) is 6.92 Å². The normalized spacial score (nSPS) is 27.6. The van der Waals surface area contributed by atoms with Gasteiger partial charge in [0.05, 0.1) is 11.7 Å². The Morgan fingerprint density at radius 1 is 1.50 bits per heavy atom. The van der Waals surface area contributed by atoms with Crippen molar-refractivity contribution in [2.45, 2.75) is 13.8 Å². The van der Waals surface area contributed by atoms with E-state index in [0.717, 1.165) is 6.54 Å². The summed E-state index contributed by atoms with van der Waals surface area (Å²) in [6, 6.07) is 0. The van der Waals surface area contributed by atoms with E-state index < -0.39 is 10.0 Å². The van der Waals surface area contributed by atoms with Crippen LogP contribution in [0.1, 0.15) is 13.8 Å². The molecule has 82 valence electrons. The molecule has 0 aromatic heterocycles. The fourth-order valence-corrected chi connectivity index (χ4v) is 2.06. The Kier molecular flexibility index (Phi) is 3.49. The molecule has 0 aromatic carbocycles. The monoisotopic (exact) mass is 220 g/mol. The van der Waals surface area contributed by atoms with Crippen molar-refractivity contribution in [2.75, 3.05) is 18.8 Å². The molecule has 1 rings (SSSR count). The Labute approximate surface area is 84.3 Å². The van der Waals surface area contributed by atoms with Crippen LogP contribution in [0.4, 0.5) is 0 Å². The third-order valence-electron chi connectivity index (χ3n) is 2.49. The molecule has 1 aliphatic heterocycles. The third kappa shape index (κ3) is 2.68. The lowest BCUT2D eigenvalue weighted by molar-refractivity contribution is -0.123. The summed E-state index contributed by atoms with van der Waals surface area (Å²) in [5.74, 6) is -0.476. The van der Waals surface area contributed by atoms with E-state index in [1.54, 1.807) is 0 Å². The van der Waals surface area contributed by atoms with Crippen molar-refractivity contribution >= 4 is 15.9 Å². The molecule has 0 spiro atoms. The summed E-state index contributed by atoms with van der Waals surface area (Å²) < 4.78 is 24.3. The van der Waals surface area contributed by atoms with Gasteiger partial charge in [0.25, 0.3) is 0 Å². The smallest absolute Gasteiger partial charge is 0.238 e. The van der Waals surface area contributed by atoms with E-state index in [1.165, 1.54) is 6.92 Å². The first-order chi connectivity index (χ1) is 6.46. The van der Waals surface area contributed by atoms with Crippen molar-refractivity contribution in [3.05, 3.63) is 0 Å². The lowest BCUT2D eigenvalue weighted by atomic mass is 9.98. The Bertz CT molecular complexity index is 313. The van der Waals surface area contributed by atoms with Gasteiger partial charge in [-0.3, -0.25) is 9.52 Å². The van der Waals surface area contributed by atoms with E-state index in [4.69, 9.17) is 0 Å². The maximum absolute atomic E-state index is 11.5. The Morgan fingerprint density at radius 3 is 2.57 bits per heavy atom. The summed E-state index contributed by atoms with van der Waals surface area (Å²) in [7, 11) is -3.41. The summed E-state index contributed by atoms with van der Waals surface area (Å²) in [5.41, 5.74) is 0. The van der Waals surface area contributed by atoms with Gasteiger partial charge in [-0.25, -0.2) is 8.42 Å². The van der Waals surface area contributed by atoms with Crippen LogP contribution in [0.5, 0.6) is 0 Å². The molecule has 2 atom stereocenters. The van der Waals surface area contributed by atoms with Crippen molar-refractivity contribution in [2.24, 2.45) is 11.8 Å². The number of carbonyl (C=O) groups is 1. The zero-order chi connectivity index (χ0) is 10.8. The highest BCUT2D eigenvalue weighted by Crippen LogP contribution is 2.15. The van der Waals surface area contributed by atoms with Crippen LogP contribution < -0.4 is 10.0 Å². The van der Waals surface area contributed by atoms with Crippen LogP contribution in [-0.2, 0) is 14.8 Å². The summed E-state index contributed by atoms with van der Waals surface area (Å²) in [4.78, 5) is 11.5. The lowest BCUT2D eigenvalue weighted by Gasteiger charge is -2.13. The maximum Gasteiger partial charge on any atom is 0.238 e. The molecule has 14 heavy (non-hydrogen) atoms. The summed E-state index contributed by atoms with van der Waals surface area (Å²) in [5, 5.41) is 3.05. The van der Waals surface area contributed by atoms with Crippen LogP contribution in [0.25, 0.3) is 0 Å². The molecule has 1 fully saturated rings. The van der Waals surface area contributed by atoms with E-state index in [-0.39, 0.29) is 23.5 Å². The van der Waals surface area contributed by atoms with Crippen LogP contribution in [0.15, 0.2) is 0 Å². The predicted molar refractivity (Wildman–Crippen MR) is 53.1 cm³/mol. The second kappa shape index (κ2) is 4.27. The first-order valence-corrected chi connectivity index (χ1v) is 6.36. The Hall–Kier alpha value is -0.620. The van der Waals surface area contributed by atoms with E-state index >= 15 is 0 Å². The number of amides is 1. The minimum absolute atomic E-state index is 0.0622. The molecule has 0 aliphatic carbocycles. The van der Waals surface area contributed by atoms with Gasteiger partial charge in [0, 0.05) is 6.54 Å². The van der Waals surface area contributed by atoms with Gasteiger partial charge in [-0.15, -0.1) is 0 Å². The van der Waals surface area contributed by atoms with Crippen molar-refractivity contribution < 1.29 is 13.2 Å². The summed E-state index contributed by atoms with van der Waals surface area (Å²) in [6.07, 6.45) is 0. The van der Waals surface area contributed by atoms with Gasteiger partial charge < -0.3 is 5.32 Å². The number of carbonyl (C=O) groups excluding carboxylic acids is 1. The van der Waals surface area contributed by atoms with Gasteiger partial charge >= 0.3 is 0 Å². The van der Waals surface area contributed by atoms with E-state index in [1.807, 2.05) is 6.92 Å². The quantitative estimate of drug-likeness (QED) is 0.660. The molecule has 1 aliphatic rings. The molecular weight excluding hydrogens is 204 g/mol. The maximum atomic E-state index is 11.5. The van der Waals surface area contributed by atoms with Gasteiger partial charge in [-0.05, 0) is 19.4 Å². The molecule has 0 radical (unpaired) electrons. The number of hydrogen-bond donors (Lipinski definition) is 2. The summed E-state index contributed by atoms with van der Waals surface area (Å²) in [6.45, 7) is 4.77. The first kappa shape index (κ1) is 11.5. The highest BCUT2D eigenvalue weighted by atomic mass is 32.2. The van der Waals surface area contributed by atoms with E-state index in [2.05, 4.69) is 10.0 Å². The van der Waals surface area contributed by atoms with Gasteiger partial charge in [0.15, 0.2) is 0 Å². The molecule has 0 aromatic rings. The summed E-state index contributed by atoms with van der Waals surface area (Å²) >= 11 is 0. The minimum Gasteiger partial charge on any atom is -0.316 e. The molecule has 0 saturated carbocycles. The first-order valence-electron chi connectivity index (χ1n) is 4.71. The van der Waals surface area contributed by atoms with Crippen LogP contribution >= 0.6 is 0 Å². The van der Waals surface area contributed by atoms with Crippen molar-refractivity contribution in [1.29, 1.82) is 0 Å². The third-order valence-corrected chi connectivity index (χ3v) is 3.76. The molecular formula is C8H16N2O3S. The average molecular weight is 220 g/mol. The fourth-order valence-electron chi connectivity index (χ4n) is 1.46. The van der Waals surface area contributed by atoms with E-state index in [0.29, 0.717) is 6.54 Å². The van der Waals surface area contributed by atoms with Crippen molar-refractivity contribution in [1.82, 2.24) is 10.0 Å². The zero-order valence-electron chi connectivity index (χ0n) is 8.41. The second-order valence-electron chi connectivity index (χ2n) is 3.61. The molecule has 6 heteroatoms. The van der Waals surface area contributed by atoms with Gasteiger partial charge in [0.1, 0.15) is 0 Å². The van der Waals surface area contributed by atoms with Crippen LogP contribution in [0, 0.1) is 11.8 Å². The van der Waals surface area contributed by atoms with Gasteiger partial charge in [0.2, 0.25) is 15.9 Å². The zero-order valence-corrected chi connectivity index (χ0v) is 9.23. The molecule has 1 heterocycles. The fraction of sp³-hybridized carbons (Fsp3) is 0.875. The van der Waals surface area contributed by atoms with Crippen LogP contribution in [0.3, 0.4) is 0 Å². The lowest BCUT2D eigenvalue weighted by Crippen LogP contribution is -2.39. The predicted octanol–water partition coefficient (Wildman–Crippen LogP) is -0.692. The minimum atomic E-state index is -3.41. The highest BCUT2D eigenvalue weighted by molar-refractivity contribution is 7.90. The van der Waals surface area contributed by atoms with Crippen LogP contribution in [-0.4, -0.2) is 33.2 Å². The molecule has 0 unspecified atom stereocenters. The second-order valence-corrected chi connectivity index (χ2v) is 5.62. The largest absolute Gasteiger partial charge is 0.316 e. The SMILES string of the molecule is CCS(=O)(=O)NC(=O)[C@@H]1CNC[C@H]1C. The van der Waals surface area contributed by atoms with E-state index in [9.17, 15) is 13.2 Å². The Balaban J connectivity index is 2.58. The standard InChI is InChI=1S/C8H16N2O3S/c1-3-14(12,13)10-8(11)7-5-9-4-6(7)2/h6-7,9H,3-5H2,1-2H3,(H,10,11)/t6-,7-/m1/s1. The highest BCUT2D eigenvalue weighted by Gasteiger charge is 2.31. The van der Waals surface area contributed by atoms with Crippen LogP contribution in [0.2, 0.25) is 0 Å². The number of hydrogen-bond acceptors (Lipinski definition) is 4. The molecule has 1 saturated heterocycles. The van der Waals surface area contributed by atoms with Crippen molar-refractivity contribution in [3.8, 4) is 0 Å². The topological polar surface area (TPSA) is 75.3 Å². The number of sulfonamides is 1. The molecule has 0 bridgehead atoms. The Morgan fingerprint density at radius 2 is 2.14 bits per heavy atom. The number of nitrogens with one attached hydrogen (secondary N) is 2.